The zero-order valence-electron chi connectivity index (χ0n) is 15.7. The third kappa shape index (κ3) is 4.89. The Balaban J connectivity index is 2.18. The van der Waals surface area contributed by atoms with Gasteiger partial charge in [-0.15, -0.1) is 5.54 Å². The van der Waals surface area contributed by atoms with Crippen molar-refractivity contribution in [3.05, 3.63) is 70.2 Å². The van der Waals surface area contributed by atoms with Crippen LogP contribution in [0.3, 0.4) is 0 Å². The molecule has 0 spiro atoms. The molecule has 0 aliphatic heterocycles. The van der Waals surface area contributed by atoms with Crippen molar-refractivity contribution in [2.24, 2.45) is 0 Å². The quantitative estimate of drug-likeness (QED) is 0.384. The van der Waals surface area contributed by atoms with Gasteiger partial charge in [-0.3, -0.25) is 4.72 Å². The van der Waals surface area contributed by atoms with Gasteiger partial charge in [-0.05, 0) is 29.7 Å². The van der Waals surface area contributed by atoms with Gasteiger partial charge in [0.05, 0.1) is 10.6 Å². The van der Waals surface area contributed by atoms with Crippen LogP contribution in [0.4, 0.5) is 5.69 Å². The van der Waals surface area contributed by atoms with E-state index in [-0.39, 0.29) is 14.9 Å². The molecule has 3 rings (SSSR count). The molecule has 7 heteroatoms. The third-order valence-corrected chi connectivity index (χ3v) is 6.52. The van der Waals surface area contributed by atoms with Crippen molar-refractivity contribution in [1.29, 1.82) is 0 Å². The number of nitrogens with one attached hydrogen (secondary N) is 1. The molecule has 0 aromatic heterocycles. The van der Waals surface area contributed by atoms with Crippen molar-refractivity contribution in [3.8, 4) is 11.5 Å². The molecule has 0 amide bonds. The molecule has 0 bridgehead atoms. The van der Waals surface area contributed by atoms with E-state index >= 15 is 0 Å². The van der Waals surface area contributed by atoms with Crippen LogP contribution in [0.25, 0.3) is 10.8 Å². The van der Waals surface area contributed by atoms with Crippen molar-refractivity contribution in [2.45, 2.75) is 24.5 Å². The van der Waals surface area contributed by atoms with E-state index in [1.807, 2.05) is 36.4 Å². The lowest BCUT2D eigenvalue weighted by Crippen LogP contribution is -2.17. The molecule has 28 heavy (non-hydrogen) atoms. The summed E-state index contributed by atoms with van der Waals surface area (Å²) >= 11 is 12.0. The Bertz CT molecular complexity index is 1200. The molecule has 144 valence electrons. The van der Waals surface area contributed by atoms with Crippen LogP contribution < -0.4 is 4.72 Å². The zero-order chi connectivity index (χ0) is 20.5. The molecule has 0 saturated heterocycles. The summed E-state index contributed by atoms with van der Waals surface area (Å²) in [6.45, 7) is 6.41. The van der Waals surface area contributed by atoms with Crippen LogP contribution in [0.15, 0.2) is 59.5 Å². The highest BCUT2D eigenvalue weighted by molar-refractivity contribution is 7.92. The summed E-state index contributed by atoms with van der Waals surface area (Å²) < 4.78 is 28.8. The first-order valence-electron chi connectivity index (χ1n) is 8.59. The highest BCUT2D eigenvalue weighted by Gasteiger charge is 2.19. The van der Waals surface area contributed by atoms with Crippen molar-refractivity contribution in [3.63, 3.8) is 0 Å². The fourth-order valence-electron chi connectivity index (χ4n) is 2.62. The van der Waals surface area contributed by atoms with Crippen LogP contribution in [0, 0.1) is 11.5 Å². The number of halogens is 2. The first-order valence-corrected chi connectivity index (χ1v) is 14.3. The highest BCUT2D eigenvalue weighted by Crippen LogP contribution is 2.31. The minimum Gasteiger partial charge on any atom is -0.278 e. The number of anilines is 1. The average Bonchev–Trinajstić information content (AvgIpc) is 2.59. The Hall–Kier alpha value is -1.97. The second-order valence-electron chi connectivity index (χ2n) is 7.42. The van der Waals surface area contributed by atoms with E-state index in [2.05, 4.69) is 35.8 Å². The lowest BCUT2D eigenvalue weighted by atomic mass is 10.0. The molecule has 0 saturated carbocycles. The summed E-state index contributed by atoms with van der Waals surface area (Å²) in [5.41, 5.74) is 4.39. The standard InChI is InChI=1S/C21H19Cl2NO2SSi/c1-28(2,3)11-10-16-9-8-15-6-4-5-7-20(15)21(16)24-27(25,26)19-13-17(22)12-18(23)14-19/h4-9,12-14,24H,1-3H3. The molecule has 1 N–H and O–H groups in total. The van der Waals surface area contributed by atoms with Crippen LogP contribution in [0.5, 0.6) is 0 Å². The van der Waals surface area contributed by atoms with Gasteiger partial charge in [-0.25, -0.2) is 8.42 Å². The molecule has 3 aromatic carbocycles. The van der Waals surface area contributed by atoms with E-state index in [1.54, 1.807) is 0 Å². The third-order valence-electron chi connectivity index (χ3n) is 3.88. The largest absolute Gasteiger partial charge is 0.278 e. The molecule has 0 aliphatic rings. The van der Waals surface area contributed by atoms with Gasteiger partial charge in [-0.2, -0.15) is 0 Å². The molecule has 0 fully saturated rings. The van der Waals surface area contributed by atoms with Gasteiger partial charge < -0.3 is 0 Å². The van der Waals surface area contributed by atoms with E-state index in [0.717, 1.165) is 10.8 Å². The lowest BCUT2D eigenvalue weighted by Gasteiger charge is -2.14. The Morgan fingerprint density at radius 1 is 0.929 bits per heavy atom. The van der Waals surface area contributed by atoms with Crippen molar-refractivity contribution >= 4 is 57.8 Å². The normalized spacial score (nSPS) is 11.8. The minimum absolute atomic E-state index is 0.00189. The monoisotopic (exact) mass is 447 g/mol. The number of hydrogen-bond acceptors (Lipinski definition) is 2. The summed E-state index contributed by atoms with van der Waals surface area (Å²) in [4.78, 5) is 0.00189. The first kappa shape index (κ1) is 20.8. The molecule has 0 radical (unpaired) electrons. The maximum atomic E-state index is 13.0. The fourth-order valence-corrected chi connectivity index (χ4v) is 4.95. The van der Waals surface area contributed by atoms with Gasteiger partial charge in [0.15, 0.2) is 0 Å². The predicted molar refractivity (Wildman–Crippen MR) is 121 cm³/mol. The van der Waals surface area contributed by atoms with E-state index in [0.29, 0.717) is 11.3 Å². The van der Waals surface area contributed by atoms with Crippen LogP contribution in [-0.2, 0) is 10.0 Å². The van der Waals surface area contributed by atoms with Crippen molar-refractivity contribution < 1.29 is 8.42 Å². The van der Waals surface area contributed by atoms with Crippen LogP contribution in [0.2, 0.25) is 29.7 Å². The Kier molecular flexibility index (Phi) is 5.78. The van der Waals surface area contributed by atoms with E-state index in [1.165, 1.54) is 18.2 Å². The number of sulfonamides is 1. The Labute approximate surface area is 176 Å². The molecule has 0 atom stereocenters. The molecule has 3 nitrogen and oxygen atoms in total. The Morgan fingerprint density at radius 3 is 2.21 bits per heavy atom. The van der Waals surface area contributed by atoms with Gasteiger partial charge in [-0.1, -0.05) is 79.1 Å². The maximum absolute atomic E-state index is 13.0. The molecule has 0 unspecified atom stereocenters. The molecular formula is C21H19Cl2NO2SSi. The summed E-state index contributed by atoms with van der Waals surface area (Å²) in [5, 5.41) is 2.21. The van der Waals surface area contributed by atoms with Gasteiger partial charge in [0.1, 0.15) is 8.07 Å². The lowest BCUT2D eigenvalue weighted by molar-refractivity contribution is 0.601. The van der Waals surface area contributed by atoms with Crippen molar-refractivity contribution in [2.75, 3.05) is 4.72 Å². The first-order chi connectivity index (χ1) is 13.0. The molecule has 0 aliphatic carbocycles. The summed E-state index contributed by atoms with van der Waals surface area (Å²) in [6.07, 6.45) is 0. The topological polar surface area (TPSA) is 46.2 Å². The van der Waals surface area contributed by atoms with Crippen molar-refractivity contribution in [1.82, 2.24) is 0 Å². The van der Waals surface area contributed by atoms with E-state index < -0.39 is 18.1 Å². The van der Waals surface area contributed by atoms with Gasteiger partial charge >= 0.3 is 0 Å². The summed E-state index contributed by atoms with van der Waals surface area (Å²) in [5.74, 6) is 3.17. The number of fused-ring (bicyclic) bond motifs is 1. The van der Waals surface area contributed by atoms with Gasteiger partial charge in [0, 0.05) is 21.0 Å². The molecular weight excluding hydrogens is 429 g/mol. The number of benzene rings is 3. The summed E-state index contributed by atoms with van der Waals surface area (Å²) in [7, 11) is -5.54. The SMILES string of the molecule is C[Si](C)(C)C#Cc1ccc2ccccc2c1NS(=O)(=O)c1cc(Cl)cc(Cl)c1. The van der Waals surface area contributed by atoms with Crippen LogP contribution in [0.1, 0.15) is 5.56 Å². The molecule has 0 heterocycles. The second-order valence-corrected chi connectivity index (χ2v) is 14.7. The highest BCUT2D eigenvalue weighted by atomic mass is 35.5. The zero-order valence-corrected chi connectivity index (χ0v) is 19.0. The Morgan fingerprint density at radius 2 is 1.57 bits per heavy atom. The van der Waals surface area contributed by atoms with Gasteiger partial charge in [0.2, 0.25) is 0 Å². The minimum atomic E-state index is -3.90. The van der Waals surface area contributed by atoms with Crippen LogP contribution in [-0.4, -0.2) is 16.5 Å². The maximum Gasteiger partial charge on any atom is 0.262 e. The van der Waals surface area contributed by atoms with E-state index in [9.17, 15) is 8.42 Å². The summed E-state index contributed by atoms with van der Waals surface area (Å²) in [6, 6.07) is 15.6. The fraction of sp³-hybridized carbons (Fsp3) is 0.143. The predicted octanol–water partition coefficient (Wildman–Crippen LogP) is 6.18. The smallest absolute Gasteiger partial charge is 0.262 e. The molecule has 3 aromatic rings. The van der Waals surface area contributed by atoms with Gasteiger partial charge in [0.25, 0.3) is 10.0 Å². The van der Waals surface area contributed by atoms with E-state index in [4.69, 9.17) is 23.2 Å². The second kappa shape index (κ2) is 7.80. The average molecular weight is 448 g/mol. The van der Waals surface area contributed by atoms with Crippen LogP contribution >= 0.6 is 23.2 Å². The number of hydrogen-bond donors (Lipinski definition) is 1. The number of rotatable bonds is 3.